The van der Waals surface area contributed by atoms with Gasteiger partial charge in [-0.05, 0) is 59.3 Å². The van der Waals surface area contributed by atoms with Crippen LogP contribution in [-0.2, 0) is 20.7 Å². The van der Waals surface area contributed by atoms with E-state index in [9.17, 15) is 8.42 Å². The van der Waals surface area contributed by atoms with Crippen molar-refractivity contribution < 1.29 is 8.42 Å². The summed E-state index contributed by atoms with van der Waals surface area (Å²) in [5, 5.41) is 0. The third kappa shape index (κ3) is 2.71. The molecule has 1 unspecified atom stereocenters. The Hall–Kier alpha value is -1.72. The lowest BCUT2D eigenvalue weighted by atomic mass is 10.2. The summed E-state index contributed by atoms with van der Waals surface area (Å²) < 4.78 is 29.1. The van der Waals surface area contributed by atoms with Crippen molar-refractivity contribution in [2.24, 2.45) is 3.77 Å². The highest BCUT2D eigenvalue weighted by molar-refractivity contribution is 8.02. The highest BCUT2D eigenvalue weighted by Gasteiger charge is 2.20. The van der Waals surface area contributed by atoms with Crippen molar-refractivity contribution in [1.82, 2.24) is 0 Å². The molecular formula is C16H15NO2S2. The van der Waals surface area contributed by atoms with E-state index >= 15 is 0 Å². The van der Waals surface area contributed by atoms with Gasteiger partial charge in [-0.2, -0.15) is 8.42 Å². The molecule has 1 aliphatic heterocycles. The fourth-order valence-electron chi connectivity index (χ4n) is 2.17. The predicted molar refractivity (Wildman–Crippen MR) is 86.5 cm³/mol. The van der Waals surface area contributed by atoms with E-state index in [0.717, 1.165) is 20.9 Å². The monoisotopic (exact) mass is 317 g/mol. The molecule has 0 aliphatic carbocycles. The largest absolute Gasteiger partial charge is 0.288 e. The molecule has 0 bridgehead atoms. The normalized spacial score (nSPS) is 17.6. The average molecular weight is 317 g/mol. The smallest absolute Gasteiger partial charge is 0.199 e. The molecule has 0 radical (unpaired) electrons. The predicted octanol–water partition coefficient (Wildman–Crippen LogP) is 3.92. The van der Waals surface area contributed by atoms with Crippen molar-refractivity contribution in [2.45, 2.75) is 23.6 Å². The van der Waals surface area contributed by atoms with Crippen molar-refractivity contribution in [2.75, 3.05) is 0 Å². The maximum Gasteiger partial charge on any atom is 0.288 e. The first kappa shape index (κ1) is 14.2. The van der Waals surface area contributed by atoms with Crippen molar-refractivity contribution in [3.8, 4) is 0 Å². The SMILES string of the molecule is CC1=Cc2ccccc2/S1=N/S(=O)(=O)c1ccc(C)cc1. The third-order valence-corrected chi connectivity index (χ3v) is 7.05. The third-order valence-electron chi connectivity index (χ3n) is 3.28. The number of nitrogens with zero attached hydrogens (tertiary/aromatic N) is 1. The lowest BCUT2D eigenvalue weighted by Crippen LogP contribution is -2.00. The maximum atomic E-state index is 12.5. The van der Waals surface area contributed by atoms with E-state index in [1.165, 1.54) is 0 Å². The summed E-state index contributed by atoms with van der Waals surface area (Å²) in [5.41, 5.74) is 2.08. The van der Waals surface area contributed by atoms with Crippen LogP contribution in [0, 0.1) is 6.92 Å². The minimum Gasteiger partial charge on any atom is -0.199 e. The molecule has 0 saturated heterocycles. The number of sulfonamides is 1. The molecule has 1 atom stereocenters. The molecule has 0 N–H and O–H groups in total. The molecule has 108 valence electrons. The van der Waals surface area contributed by atoms with Gasteiger partial charge in [0, 0.05) is 4.90 Å². The van der Waals surface area contributed by atoms with Crippen LogP contribution >= 0.6 is 0 Å². The van der Waals surface area contributed by atoms with Crippen LogP contribution in [0.2, 0.25) is 0 Å². The molecular weight excluding hydrogens is 302 g/mol. The molecule has 0 amide bonds. The van der Waals surface area contributed by atoms with E-state index in [4.69, 9.17) is 0 Å². The van der Waals surface area contributed by atoms with Crippen molar-refractivity contribution >= 4 is 26.8 Å². The summed E-state index contributed by atoms with van der Waals surface area (Å²) in [6, 6.07) is 14.6. The van der Waals surface area contributed by atoms with Crippen LogP contribution in [0.3, 0.4) is 0 Å². The fraction of sp³-hybridized carbons (Fsp3) is 0.125. The summed E-state index contributed by atoms with van der Waals surface area (Å²) >= 11 is 0. The first-order valence-electron chi connectivity index (χ1n) is 6.54. The Kier molecular flexibility index (Phi) is 3.55. The van der Waals surface area contributed by atoms with Gasteiger partial charge < -0.3 is 0 Å². The number of hydrogen-bond acceptors (Lipinski definition) is 2. The van der Waals surface area contributed by atoms with Crippen LogP contribution in [0.1, 0.15) is 18.1 Å². The highest BCUT2D eigenvalue weighted by Crippen LogP contribution is 2.32. The molecule has 2 aromatic rings. The second-order valence-electron chi connectivity index (χ2n) is 4.94. The first-order chi connectivity index (χ1) is 9.97. The van der Waals surface area contributed by atoms with Crippen molar-refractivity contribution in [3.63, 3.8) is 0 Å². The Morgan fingerprint density at radius 3 is 2.33 bits per heavy atom. The van der Waals surface area contributed by atoms with E-state index in [2.05, 4.69) is 3.77 Å². The Labute approximate surface area is 127 Å². The van der Waals surface area contributed by atoms with Crippen LogP contribution < -0.4 is 0 Å². The number of allylic oxidation sites excluding steroid dienone is 1. The lowest BCUT2D eigenvalue weighted by molar-refractivity contribution is 0.598. The molecule has 0 spiro atoms. The van der Waals surface area contributed by atoms with Gasteiger partial charge in [0.1, 0.15) is 0 Å². The molecule has 2 aromatic carbocycles. The van der Waals surface area contributed by atoms with Gasteiger partial charge in [0.25, 0.3) is 10.0 Å². The Morgan fingerprint density at radius 2 is 1.62 bits per heavy atom. The Balaban J connectivity index is 2.10. The van der Waals surface area contributed by atoms with E-state index in [1.807, 2.05) is 44.2 Å². The van der Waals surface area contributed by atoms with Crippen LogP contribution in [0.5, 0.6) is 0 Å². The maximum absolute atomic E-state index is 12.5. The summed E-state index contributed by atoms with van der Waals surface area (Å²) in [6.07, 6.45) is 2.01. The number of fused-ring (bicyclic) bond motifs is 1. The van der Waals surface area contributed by atoms with Crippen LogP contribution in [0.25, 0.3) is 6.08 Å². The molecule has 21 heavy (non-hydrogen) atoms. The fourth-order valence-corrected chi connectivity index (χ4v) is 5.72. The molecule has 3 rings (SSSR count). The molecule has 0 fully saturated rings. The van der Waals surface area contributed by atoms with E-state index in [-0.39, 0.29) is 4.90 Å². The summed E-state index contributed by atoms with van der Waals surface area (Å²) in [7, 11) is -4.36. The van der Waals surface area contributed by atoms with Gasteiger partial charge in [-0.15, -0.1) is 3.77 Å². The average Bonchev–Trinajstić information content (AvgIpc) is 2.75. The standard InChI is InChI=1S/C16H15NO2S2/c1-12-7-9-15(10-8-12)21(18,19)17-20-13(2)11-14-5-3-4-6-16(14)20/h3-11H,1-2H3. The van der Waals surface area contributed by atoms with Gasteiger partial charge in [-0.25, -0.2) is 0 Å². The lowest BCUT2D eigenvalue weighted by Gasteiger charge is -2.05. The van der Waals surface area contributed by atoms with E-state index in [1.54, 1.807) is 24.3 Å². The van der Waals surface area contributed by atoms with Gasteiger partial charge in [0.05, 0.1) is 4.90 Å². The summed E-state index contributed by atoms with van der Waals surface area (Å²) in [4.78, 5) is 2.20. The van der Waals surface area contributed by atoms with Crippen LogP contribution in [0.15, 0.2) is 67.0 Å². The van der Waals surface area contributed by atoms with Crippen LogP contribution in [0.4, 0.5) is 0 Å². The number of aryl methyl sites for hydroxylation is 1. The van der Waals surface area contributed by atoms with Gasteiger partial charge in [0.2, 0.25) is 0 Å². The van der Waals surface area contributed by atoms with Crippen molar-refractivity contribution in [3.05, 3.63) is 64.6 Å². The molecule has 5 heteroatoms. The zero-order valence-corrected chi connectivity index (χ0v) is 13.4. The molecule has 0 saturated carbocycles. The Morgan fingerprint density at radius 1 is 0.952 bits per heavy atom. The second-order valence-corrected chi connectivity index (χ2v) is 8.61. The van der Waals surface area contributed by atoms with Gasteiger partial charge in [-0.1, -0.05) is 35.9 Å². The Bertz CT molecular complexity index is 863. The van der Waals surface area contributed by atoms with Gasteiger partial charge in [0.15, 0.2) is 0 Å². The summed E-state index contributed by atoms with van der Waals surface area (Å²) in [5.74, 6) is 0. The second kappa shape index (κ2) is 5.24. The minimum absolute atomic E-state index is 0.248. The topological polar surface area (TPSA) is 46.5 Å². The zero-order valence-electron chi connectivity index (χ0n) is 11.8. The minimum atomic E-state index is -3.64. The highest BCUT2D eigenvalue weighted by atomic mass is 32.3. The molecule has 3 nitrogen and oxygen atoms in total. The molecule has 1 aliphatic rings. The number of rotatable bonds is 2. The molecule has 0 aromatic heterocycles. The first-order valence-corrected chi connectivity index (χ1v) is 9.16. The quantitative estimate of drug-likeness (QED) is 0.843. The number of hydrogen-bond donors (Lipinski definition) is 0. The number of benzene rings is 2. The summed E-state index contributed by atoms with van der Waals surface area (Å²) in [6.45, 7) is 3.85. The van der Waals surface area contributed by atoms with Crippen molar-refractivity contribution in [1.29, 1.82) is 0 Å². The van der Waals surface area contributed by atoms with E-state index in [0.29, 0.717) is 0 Å². The molecule has 1 heterocycles. The van der Waals surface area contributed by atoms with Crippen LogP contribution in [-0.4, -0.2) is 8.42 Å². The zero-order chi connectivity index (χ0) is 15.0. The van der Waals surface area contributed by atoms with E-state index < -0.39 is 20.7 Å². The van der Waals surface area contributed by atoms with Gasteiger partial charge in [-0.3, -0.25) is 0 Å². The van der Waals surface area contributed by atoms with Gasteiger partial charge >= 0.3 is 0 Å².